The largest absolute Gasteiger partial charge is 0.384 e. The number of hydrogen-bond donors (Lipinski definition) is 2. The summed E-state index contributed by atoms with van der Waals surface area (Å²) in [5, 5.41) is 3.32. The Morgan fingerprint density at radius 2 is 1.80 bits per heavy atom. The average Bonchev–Trinajstić information content (AvgIpc) is 2.51. The number of ketones is 1. The lowest BCUT2D eigenvalue weighted by Gasteiger charge is -2.17. The monoisotopic (exact) mass is 358 g/mol. The van der Waals surface area contributed by atoms with Crippen LogP contribution in [0.1, 0.15) is 36.8 Å². The fourth-order valence-corrected chi connectivity index (χ4v) is 2.71. The molecule has 1 amide bonds. The van der Waals surface area contributed by atoms with Gasteiger partial charge in [-0.2, -0.15) is 0 Å². The molecule has 1 heterocycles. The SMILES string of the molecule is Cc1cc(N)nc(SCC(=O)c2ccc(NC(=O)C(C)(C)C)cc2)n1. The number of hydrogen-bond acceptors (Lipinski definition) is 6. The van der Waals surface area contributed by atoms with Gasteiger partial charge in [0.15, 0.2) is 10.9 Å². The molecule has 6 nitrogen and oxygen atoms in total. The number of benzene rings is 1. The molecule has 2 rings (SSSR count). The molecule has 3 N–H and O–H groups in total. The summed E-state index contributed by atoms with van der Waals surface area (Å²) in [7, 11) is 0. The highest BCUT2D eigenvalue weighted by Gasteiger charge is 2.21. The number of rotatable bonds is 5. The Kier molecular flexibility index (Phi) is 5.79. The van der Waals surface area contributed by atoms with Gasteiger partial charge < -0.3 is 11.1 Å². The Balaban J connectivity index is 1.97. The van der Waals surface area contributed by atoms with E-state index in [1.54, 1.807) is 30.3 Å². The summed E-state index contributed by atoms with van der Waals surface area (Å²) in [4.78, 5) is 32.6. The quantitative estimate of drug-likeness (QED) is 0.483. The van der Waals surface area contributed by atoms with E-state index < -0.39 is 5.41 Å². The molecule has 0 atom stereocenters. The van der Waals surface area contributed by atoms with E-state index >= 15 is 0 Å². The molecule has 0 fully saturated rings. The van der Waals surface area contributed by atoms with E-state index in [0.29, 0.717) is 22.2 Å². The summed E-state index contributed by atoms with van der Waals surface area (Å²) >= 11 is 1.25. The zero-order chi connectivity index (χ0) is 18.6. The number of nitrogens with one attached hydrogen (secondary N) is 1. The van der Waals surface area contributed by atoms with Crippen LogP contribution in [0.5, 0.6) is 0 Å². The molecule has 1 aromatic heterocycles. The van der Waals surface area contributed by atoms with E-state index in [4.69, 9.17) is 5.73 Å². The van der Waals surface area contributed by atoms with Crippen molar-refractivity contribution >= 4 is 35.0 Å². The van der Waals surface area contributed by atoms with Crippen LogP contribution in [-0.4, -0.2) is 27.4 Å². The van der Waals surface area contributed by atoms with Gasteiger partial charge in [0.2, 0.25) is 5.91 Å². The Morgan fingerprint density at radius 3 is 2.36 bits per heavy atom. The summed E-state index contributed by atoms with van der Waals surface area (Å²) < 4.78 is 0. The third-order valence-electron chi connectivity index (χ3n) is 3.33. The fraction of sp³-hybridized carbons (Fsp3) is 0.333. The molecule has 0 saturated carbocycles. The molecule has 0 aliphatic rings. The average molecular weight is 358 g/mol. The lowest BCUT2D eigenvalue weighted by atomic mass is 9.95. The first-order chi connectivity index (χ1) is 11.6. The first-order valence-electron chi connectivity index (χ1n) is 7.84. The van der Waals surface area contributed by atoms with Crippen LogP contribution in [0.15, 0.2) is 35.5 Å². The van der Waals surface area contributed by atoms with E-state index in [2.05, 4.69) is 15.3 Å². The normalized spacial score (nSPS) is 11.2. The van der Waals surface area contributed by atoms with E-state index in [-0.39, 0.29) is 17.4 Å². The number of carbonyl (C=O) groups is 2. The zero-order valence-electron chi connectivity index (χ0n) is 14.8. The van der Waals surface area contributed by atoms with Gasteiger partial charge in [0.05, 0.1) is 5.75 Å². The lowest BCUT2D eigenvalue weighted by Crippen LogP contribution is -2.27. The van der Waals surface area contributed by atoms with Crippen molar-refractivity contribution in [3.63, 3.8) is 0 Å². The zero-order valence-corrected chi connectivity index (χ0v) is 15.6. The van der Waals surface area contributed by atoms with Crippen LogP contribution in [0.3, 0.4) is 0 Å². The minimum Gasteiger partial charge on any atom is -0.384 e. The number of nitrogen functional groups attached to an aromatic ring is 1. The highest BCUT2D eigenvalue weighted by atomic mass is 32.2. The minimum atomic E-state index is -0.471. The highest BCUT2D eigenvalue weighted by Crippen LogP contribution is 2.20. The van der Waals surface area contributed by atoms with Crippen molar-refractivity contribution in [1.29, 1.82) is 0 Å². The first kappa shape index (κ1) is 18.9. The van der Waals surface area contributed by atoms with Gasteiger partial charge in [-0.05, 0) is 31.2 Å². The number of aromatic nitrogens is 2. The third kappa shape index (κ3) is 5.56. The summed E-state index contributed by atoms with van der Waals surface area (Å²) in [5.74, 6) is 0.497. The number of aryl methyl sites for hydroxylation is 1. The lowest BCUT2D eigenvalue weighted by molar-refractivity contribution is -0.123. The Morgan fingerprint density at radius 1 is 1.16 bits per heavy atom. The second-order valence-corrected chi connectivity index (χ2v) is 7.65. The maximum Gasteiger partial charge on any atom is 0.229 e. The predicted octanol–water partition coefficient (Wildman–Crippen LogP) is 3.33. The fourth-order valence-electron chi connectivity index (χ4n) is 1.90. The van der Waals surface area contributed by atoms with Gasteiger partial charge in [0.25, 0.3) is 0 Å². The van der Waals surface area contributed by atoms with Crippen molar-refractivity contribution in [3.05, 3.63) is 41.6 Å². The molecule has 0 unspecified atom stereocenters. The van der Waals surface area contributed by atoms with Crippen LogP contribution >= 0.6 is 11.8 Å². The van der Waals surface area contributed by atoms with Crippen LogP contribution in [0.4, 0.5) is 11.5 Å². The molecule has 132 valence electrons. The summed E-state index contributed by atoms with van der Waals surface area (Å²) in [5.41, 5.74) is 7.21. The maximum absolute atomic E-state index is 12.3. The number of carbonyl (C=O) groups excluding carboxylic acids is 2. The predicted molar refractivity (Wildman–Crippen MR) is 101 cm³/mol. The van der Waals surface area contributed by atoms with E-state index in [0.717, 1.165) is 5.69 Å². The van der Waals surface area contributed by atoms with Crippen molar-refractivity contribution in [3.8, 4) is 0 Å². The van der Waals surface area contributed by atoms with Gasteiger partial charge in [0, 0.05) is 28.4 Å². The topological polar surface area (TPSA) is 98.0 Å². The molecule has 25 heavy (non-hydrogen) atoms. The van der Waals surface area contributed by atoms with Gasteiger partial charge in [0.1, 0.15) is 5.82 Å². The van der Waals surface area contributed by atoms with Crippen LogP contribution in [0.2, 0.25) is 0 Å². The number of anilines is 2. The van der Waals surface area contributed by atoms with Crippen LogP contribution in [-0.2, 0) is 4.79 Å². The maximum atomic E-state index is 12.3. The van der Waals surface area contributed by atoms with Gasteiger partial charge in [-0.25, -0.2) is 9.97 Å². The molecule has 1 aromatic carbocycles. The summed E-state index contributed by atoms with van der Waals surface area (Å²) in [6.07, 6.45) is 0. The molecule has 0 bridgehead atoms. The third-order valence-corrected chi connectivity index (χ3v) is 4.18. The van der Waals surface area contributed by atoms with Crippen molar-refractivity contribution in [2.75, 3.05) is 16.8 Å². The van der Waals surface area contributed by atoms with Gasteiger partial charge >= 0.3 is 0 Å². The van der Waals surface area contributed by atoms with Crippen LogP contribution < -0.4 is 11.1 Å². The molecule has 0 saturated heterocycles. The molecular formula is C18H22N4O2S. The van der Waals surface area contributed by atoms with Crippen molar-refractivity contribution in [1.82, 2.24) is 9.97 Å². The Labute approximate surface area is 151 Å². The molecule has 2 aromatic rings. The second kappa shape index (κ2) is 7.65. The highest BCUT2D eigenvalue weighted by molar-refractivity contribution is 7.99. The van der Waals surface area contributed by atoms with E-state index in [1.807, 2.05) is 27.7 Å². The summed E-state index contributed by atoms with van der Waals surface area (Å²) in [6.45, 7) is 7.36. The van der Waals surface area contributed by atoms with Gasteiger partial charge in [-0.15, -0.1) is 0 Å². The van der Waals surface area contributed by atoms with Gasteiger partial charge in [-0.1, -0.05) is 32.5 Å². The van der Waals surface area contributed by atoms with Crippen LogP contribution in [0.25, 0.3) is 0 Å². The molecule has 0 radical (unpaired) electrons. The Bertz CT molecular complexity index is 762. The molecular weight excluding hydrogens is 336 g/mol. The van der Waals surface area contributed by atoms with Gasteiger partial charge in [-0.3, -0.25) is 9.59 Å². The van der Waals surface area contributed by atoms with E-state index in [9.17, 15) is 9.59 Å². The number of nitrogens with zero attached hydrogens (tertiary/aromatic N) is 2. The molecule has 0 aliphatic heterocycles. The van der Waals surface area contributed by atoms with Crippen molar-refractivity contribution in [2.45, 2.75) is 32.9 Å². The smallest absolute Gasteiger partial charge is 0.229 e. The van der Waals surface area contributed by atoms with Crippen molar-refractivity contribution < 1.29 is 9.59 Å². The molecule has 0 spiro atoms. The number of amides is 1. The standard InChI is InChI=1S/C18H22N4O2S/c1-11-9-15(19)22-17(20-11)25-10-14(23)12-5-7-13(8-6-12)21-16(24)18(2,3)4/h5-9H,10H2,1-4H3,(H,21,24)(H2,19,20,22). The first-order valence-corrected chi connectivity index (χ1v) is 8.82. The molecule has 0 aliphatic carbocycles. The molecule has 7 heteroatoms. The van der Waals surface area contributed by atoms with Crippen molar-refractivity contribution in [2.24, 2.45) is 5.41 Å². The number of nitrogens with two attached hydrogens (primary N) is 1. The summed E-state index contributed by atoms with van der Waals surface area (Å²) in [6, 6.07) is 8.53. The number of thioether (sulfide) groups is 1. The number of Topliss-reactive ketones (excluding diaryl/α,β-unsaturated/α-hetero) is 1. The van der Waals surface area contributed by atoms with E-state index in [1.165, 1.54) is 11.8 Å². The Hall–Kier alpha value is -2.41. The minimum absolute atomic E-state index is 0.0395. The second-order valence-electron chi connectivity index (χ2n) is 6.71. The van der Waals surface area contributed by atoms with Crippen LogP contribution in [0, 0.1) is 12.3 Å².